The topological polar surface area (TPSA) is 61.4 Å². The van der Waals surface area contributed by atoms with Crippen molar-refractivity contribution in [3.05, 3.63) is 0 Å². The van der Waals surface area contributed by atoms with Gasteiger partial charge in [0.25, 0.3) is 0 Å². The van der Waals surface area contributed by atoms with Crippen molar-refractivity contribution in [3.8, 4) is 0 Å². The molecular formula is C11H24N2O2. The van der Waals surface area contributed by atoms with Crippen LogP contribution < -0.4 is 10.6 Å². The Labute approximate surface area is 92.4 Å². The number of aliphatic hydroxyl groups is 1. The fourth-order valence-corrected chi connectivity index (χ4v) is 1.40. The smallest absolute Gasteiger partial charge is 0.221 e. The van der Waals surface area contributed by atoms with Gasteiger partial charge in [-0.15, -0.1) is 0 Å². The van der Waals surface area contributed by atoms with Crippen molar-refractivity contribution >= 4 is 5.91 Å². The summed E-state index contributed by atoms with van der Waals surface area (Å²) >= 11 is 0. The van der Waals surface area contributed by atoms with Crippen LogP contribution in [0.15, 0.2) is 0 Å². The summed E-state index contributed by atoms with van der Waals surface area (Å²) in [6.45, 7) is 6.17. The Kier molecular flexibility index (Phi) is 7.34. The van der Waals surface area contributed by atoms with Gasteiger partial charge in [0.2, 0.25) is 5.91 Å². The summed E-state index contributed by atoms with van der Waals surface area (Å²) in [6.07, 6.45) is 2.35. The third-order valence-electron chi connectivity index (χ3n) is 2.42. The lowest BCUT2D eigenvalue weighted by molar-refractivity contribution is -0.120. The number of aliphatic hydroxyl groups excluding tert-OH is 1. The second kappa shape index (κ2) is 7.65. The number of nitrogens with one attached hydrogen (secondary N) is 2. The molecule has 15 heavy (non-hydrogen) atoms. The molecule has 3 N–H and O–H groups in total. The SMILES string of the molecule is CNC(=O)CCNCC(C)(C)CCCO. The highest BCUT2D eigenvalue weighted by atomic mass is 16.2. The average Bonchev–Trinajstić information content (AvgIpc) is 2.21. The van der Waals surface area contributed by atoms with E-state index in [-0.39, 0.29) is 17.9 Å². The Morgan fingerprint density at radius 2 is 2.07 bits per heavy atom. The third kappa shape index (κ3) is 8.39. The summed E-state index contributed by atoms with van der Waals surface area (Å²) in [5.41, 5.74) is 0.186. The van der Waals surface area contributed by atoms with E-state index < -0.39 is 0 Å². The molecule has 4 heteroatoms. The van der Waals surface area contributed by atoms with Gasteiger partial charge in [-0.05, 0) is 18.3 Å². The fraction of sp³-hybridized carbons (Fsp3) is 0.909. The maximum absolute atomic E-state index is 10.9. The third-order valence-corrected chi connectivity index (χ3v) is 2.42. The van der Waals surface area contributed by atoms with E-state index in [1.165, 1.54) is 0 Å². The molecule has 0 aromatic heterocycles. The number of hydrogen-bond donors (Lipinski definition) is 3. The zero-order valence-electron chi connectivity index (χ0n) is 10.1. The lowest BCUT2D eigenvalue weighted by Crippen LogP contribution is -2.32. The highest BCUT2D eigenvalue weighted by molar-refractivity contribution is 5.75. The van der Waals surface area contributed by atoms with E-state index in [1.807, 2.05) is 0 Å². The van der Waals surface area contributed by atoms with Crippen LogP contribution in [0, 0.1) is 5.41 Å². The molecule has 0 aromatic carbocycles. The van der Waals surface area contributed by atoms with E-state index in [9.17, 15) is 4.79 Å². The Balaban J connectivity index is 3.52. The zero-order valence-corrected chi connectivity index (χ0v) is 10.1. The van der Waals surface area contributed by atoms with Gasteiger partial charge in [-0.1, -0.05) is 13.8 Å². The maximum Gasteiger partial charge on any atom is 0.221 e. The zero-order chi connectivity index (χ0) is 11.7. The minimum atomic E-state index is 0.0654. The van der Waals surface area contributed by atoms with Gasteiger partial charge in [-0.2, -0.15) is 0 Å². The average molecular weight is 216 g/mol. The highest BCUT2D eigenvalue weighted by Gasteiger charge is 2.16. The van der Waals surface area contributed by atoms with E-state index in [0.717, 1.165) is 19.4 Å². The molecule has 0 atom stereocenters. The number of carbonyl (C=O) groups excluding carboxylic acids is 1. The van der Waals surface area contributed by atoms with Crippen molar-refractivity contribution in [2.45, 2.75) is 33.1 Å². The van der Waals surface area contributed by atoms with Crippen LogP contribution >= 0.6 is 0 Å². The summed E-state index contributed by atoms with van der Waals surface area (Å²) in [5.74, 6) is 0.0654. The van der Waals surface area contributed by atoms with E-state index in [2.05, 4.69) is 24.5 Å². The molecule has 0 bridgehead atoms. The van der Waals surface area contributed by atoms with Crippen LogP contribution in [-0.2, 0) is 4.79 Å². The first-order valence-electron chi connectivity index (χ1n) is 5.54. The van der Waals surface area contributed by atoms with Crippen molar-refractivity contribution in [3.63, 3.8) is 0 Å². The van der Waals surface area contributed by atoms with Crippen LogP contribution in [0.25, 0.3) is 0 Å². The molecule has 0 fully saturated rings. The maximum atomic E-state index is 10.9. The molecule has 0 rings (SSSR count). The molecule has 0 spiro atoms. The minimum absolute atomic E-state index is 0.0654. The van der Waals surface area contributed by atoms with Crippen LogP contribution in [-0.4, -0.2) is 37.8 Å². The van der Waals surface area contributed by atoms with Crippen molar-refractivity contribution in [2.24, 2.45) is 5.41 Å². The van der Waals surface area contributed by atoms with Gasteiger partial charge in [-0.3, -0.25) is 4.79 Å². The molecule has 0 saturated heterocycles. The largest absolute Gasteiger partial charge is 0.396 e. The Bertz CT molecular complexity index is 181. The molecule has 4 nitrogen and oxygen atoms in total. The van der Waals surface area contributed by atoms with Crippen molar-refractivity contribution in [1.29, 1.82) is 0 Å². The first kappa shape index (κ1) is 14.4. The van der Waals surface area contributed by atoms with Crippen LogP contribution in [0.3, 0.4) is 0 Å². The Morgan fingerprint density at radius 3 is 2.60 bits per heavy atom. The van der Waals surface area contributed by atoms with Crippen molar-refractivity contribution in [2.75, 3.05) is 26.7 Å². The predicted molar refractivity (Wildman–Crippen MR) is 61.7 cm³/mol. The normalized spacial score (nSPS) is 11.5. The van der Waals surface area contributed by atoms with E-state index in [0.29, 0.717) is 13.0 Å². The lowest BCUT2D eigenvalue weighted by atomic mass is 9.88. The molecule has 0 aliphatic carbocycles. The minimum Gasteiger partial charge on any atom is -0.396 e. The quantitative estimate of drug-likeness (QED) is 0.518. The molecule has 90 valence electrons. The summed E-state index contributed by atoms with van der Waals surface area (Å²) in [7, 11) is 1.65. The predicted octanol–water partition coefficient (Wildman–Crippen LogP) is 0.511. The van der Waals surface area contributed by atoms with Gasteiger partial charge in [0.05, 0.1) is 0 Å². The summed E-state index contributed by atoms with van der Waals surface area (Å²) in [4.78, 5) is 10.9. The van der Waals surface area contributed by atoms with E-state index in [4.69, 9.17) is 5.11 Å². The number of amides is 1. The van der Waals surface area contributed by atoms with Crippen molar-refractivity contribution < 1.29 is 9.90 Å². The van der Waals surface area contributed by atoms with Crippen molar-refractivity contribution in [1.82, 2.24) is 10.6 Å². The van der Waals surface area contributed by atoms with Gasteiger partial charge in [-0.25, -0.2) is 0 Å². The van der Waals surface area contributed by atoms with Gasteiger partial charge < -0.3 is 15.7 Å². The highest BCUT2D eigenvalue weighted by Crippen LogP contribution is 2.20. The molecule has 0 aromatic rings. The lowest BCUT2D eigenvalue weighted by Gasteiger charge is -2.24. The molecule has 0 unspecified atom stereocenters. The number of carbonyl (C=O) groups is 1. The number of hydrogen-bond acceptors (Lipinski definition) is 3. The molecular weight excluding hydrogens is 192 g/mol. The van der Waals surface area contributed by atoms with E-state index >= 15 is 0 Å². The summed E-state index contributed by atoms with van der Waals surface area (Å²) in [5, 5.41) is 14.6. The molecule has 0 aliphatic heterocycles. The fourth-order valence-electron chi connectivity index (χ4n) is 1.40. The van der Waals surface area contributed by atoms with Crippen LogP contribution in [0.4, 0.5) is 0 Å². The molecule has 0 radical (unpaired) electrons. The summed E-state index contributed by atoms with van der Waals surface area (Å²) in [6, 6.07) is 0. The standard InChI is InChI=1S/C11H24N2O2/c1-11(2,6-4-8-14)9-13-7-5-10(15)12-3/h13-14H,4-9H2,1-3H3,(H,12,15). The van der Waals surface area contributed by atoms with Crippen LogP contribution in [0.2, 0.25) is 0 Å². The molecule has 0 heterocycles. The first-order chi connectivity index (χ1) is 7.02. The van der Waals surface area contributed by atoms with Gasteiger partial charge in [0.1, 0.15) is 0 Å². The first-order valence-corrected chi connectivity index (χ1v) is 5.54. The van der Waals surface area contributed by atoms with Gasteiger partial charge in [0, 0.05) is 33.2 Å². The second-order valence-corrected chi connectivity index (χ2v) is 4.59. The monoisotopic (exact) mass is 216 g/mol. The Hall–Kier alpha value is -0.610. The Morgan fingerprint density at radius 1 is 1.40 bits per heavy atom. The number of rotatable bonds is 8. The van der Waals surface area contributed by atoms with Crippen LogP contribution in [0.1, 0.15) is 33.1 Å². The molecule has 0 saturated carbocycles. The molecule has 1 amide bonds. The molecule has 0 aliphatic rings. The van der Waals surface area contributed by atoms with Gasteiger partial charge in [0.15, 0.2) is 0 Å². The van der Waals surface area contributed by atoms with Crippen LogP contribution in [0.5, 0.6) is 0 Å². The second-order valence-electron chi connectivity index (χ2n) is 4.59. The van der Waals surface area contributed by atoms with Gasteiger partial charge >= 0.3 is 0 Å². The van der Waals surface area contributed by atoms with E-state index in [1.54, 1.807) is 7.05 Å². The summed E-state index contributed by atoms with van der Waals surface area (Å²) < 4.78 is 0.